The highest BCUT2D eigenvalue weighted by Gasteiger charge is 2.47. The molecule has 0 fully saturated rings. The quantitative estimate of drug-likeness (QED) is 0.718. The summed E-state index contributed by atoms with van der Waals surface area (Å²) >= 11 is 0. The van der Waals surface area contributed by atoms with Crippen LogP contribution in [0.3, 0.4) is 0 Å². The van der Waals surface area contributed by atoms with Crippen molar-refractivity contribution in [1.29, 1.82) is 5.26 Å². The number of nitrogens with one attached hydrogen (secondary N) is 1. The highest BCUT2D eigenvalue weighted by Crippen LogP contribution is 2.37. The number of carbonyl (C=O) groups excluding carboxylic acids is 1. The van der Waals surface area contributed by atoms with Gasteiger partial charge >= 0.3 is 6.18 Å². The van der Waals surface area contributed by atoms with Gasteiger partial charge in [-0.15, -0.1) is 0 Å². The Morgan fingerprint density at radius 3 is 2.60 bits per heavy atom. The summed E-state index contributed by atoms with van der Waals surface area (Å²) in [7, 11) is 1.09. The highest BCUT2D eigenvalue weighted by atomic mass is 19.4. The zero-order valence-electron chi connectivity index (χ0n) is 7.68. The van der Waals surface area contributed by atoms with E-state index in [-0.39, 0.29) is 0 Å². The fourth-order valence-corrected chi connectivity index (χ4v) is 1.26. The molecule has 0 aromatic rings. The number of alkyl halides is 3. The van der Waals surface area contributed by atoms with Gasteiger partial charge in [-0.05, 0) is 0 Å². The molecule has 82 valence electrons. The summed E-state index contributed by atoms with van der Waals surface area (Å²) in [6, 6.07) is 1.40. The number of hydrogen-bond acceptors (Lipinski definition) is 3. The predicted molar refractivity (Wildman–Crippen MR) is 42.0 cm³/mol. The van der Waals surface area contributed by atoms with Crippen LogP contribution in [0.25, 0.3) is 0 Å². The van der Waals surface area contributed by atoms with E-state index in [0.29, 0.717) is 0 Å². The third-order valence-electron chi connectivity index (χ3n) is 1.96. The molecule has 0 spiro atoms. The molecule has 1 aliphatic rings. The molecule has 0 bridgehead atoms. The van der Waals surface area contributed by atoms with Crippen LogP contribution < -0.4 is 5.32 Å². The van der Waals surface area contributed by atoms with E-state index >= 15 is 0 Å². The number of nitrogens with zero attached hydrogens (tertiary/aromatic N) is 1. The lowest BCUT2D eigenvalue weighted by molar-refractivity contribution is -0.171. The van der Waals surface area contributed by atoms with Crippen molar-refractivity contribution in [2.45, 2.75) is 12.6 Å². The molecule has 0 radical (unpaired) electrons. The van der Waals surface area contributed by atoms with Gasteiger partial charge in [-0.25, -0.2) is 0 Å². The number of nitriles is 1. The van der Waals surface area contributed by atoms with Crippen molar-refractivity contribution >= 4 is 5.91 Å². The molecular weight excluding hydrogens is 213 g/mol. The molecule has 0 saturated heterocycles. The van der Waals surface area contributed by atoms with Crippen LogP contribution >= 0.6 is 0 Å². The second-order valence-corrected chi connectivity index (χ2v) is 2.91. The van der Waals surface area contributed by atoms with E-state index in [0.717, 1.165) is 7.11 Å². The van der Waals surface area contributed by atoms with Crippen molar-refractivity contribution in [2.24, 2.45) is 5.92 Å². The van der Waals surface area contributed by atoms with Gasteiger partial charge < -0.3 is 4.74 Å². The minimum atomic E-state index is -4.62. The first-order chi connectivity index (χ1) is 6.90. The largest absolute Gasteiger partial charge is 0.482 e. The van der Waals surface area contributed by atoms with E-state index in [1.807, 2.05) is 0 Å². The first-order valence-corrected chi connectivity index (χ1v) is 3.95. The molecule has 7 heteroatoms. The summed E-state index contributed by atoms with van der Waals surface area (Å²) in [6.07, 6.45) is -5.40. The Morgan fingerprint density at radius 2 is 2.20 bits per heavy atom. The van der Waals surface area contributed by atoms with Crippen LogP contribution in [0.5, 0.6) is 0 Å². The Bertz CT molecular complexity index is 354. The number of hydrogen-bond donors (Lipinski definition) is 1. The lowest BCUT2D eigenvalue weighted by atomic mass is 9.93. The van der Waals surface area contributed by atoms with E-state index in [9.17, 15) is 18.0 Å². The van der Waals surface area contributed by atoms with Crippen LogP contribution in [0.4, 0.5) is 13.2 Å². The van der Waals surface area contributed by atoms with Gasteiger partial charge in [-0.3, -0.25) is 10.1 Å². The third kappa shape index (κ3) is 2.21. The maximum Gasteiger partial charge on any atom is 0.397 e. The van der Waals surface area contributed by atoms with Crippen LogP contribution in [0, 0.1) is 17.2 Å². The summed E-state index contributed by atoms with van der Waals surface area (Å²) in [5.41, 5.74) is -0.593. The SMILES string of the molecule is COC1=C(C#N)C(C(F)(F)F)CC(=O)N1. The van der Waals surface area contributed by atoms with Crippen molar-refractivity contribution in [3.8, 4) is 6.07 Å². The van der Waals surface area contributed by atoms with Gasteiger partial charge in [0.25, 0.3) is 0 Å². The van der Waals surface area contributed by atoms with Gasteiger partial charge in [0.1, 0.15) is 17.6 Å². The summed E-state index contributed by atoms with van der Waals surface area (Å²) in [4.78, 5) is 10.9. The van der Waals surface area contributed by atoms with E-state index in [4.69, 9.17) is 5.26 Å². The van der Waals surface area contributed by atoms with Gasteiger partial charge in [-0.2, -0.15) is 18.4 Å². The minimum Gasteiger partial charge on any atom is -0.482 e. The molecule has 0 aliphatic carbocycles. The van der Waals surface area contributed by atoms with Crippen molar-refractivity contribution in [1.82, 2.24) is 5.32 Å². The van der Waals surface area contributed by atoms with Crippen LogP contribution in [-0.4, -0.2) is 19.2 Å². The highest BCUT2D eigenvalue weighted by molar-refractivity contribution is 5.80. The molecule has 1 atom stereocenters. The summed E-state index contributed by atoms with van der Waals surface area (Å²) in [6.45, 7) is 0. The van der Waals surface area contributed by atoms with Gasteiger partial charge in [0.2, 0.25) is 11.8 Å². The average molecular weight is 220 g/mol. The summed E-state index contributed by atoms with van der Waals surface area (Å²) in [5.74, 6) is -3.31. The maximum atomic E-state index is 12.4. The van der Waals surface area contributed by atoms with Gasteiger partial charge in [0.15, 0.2) is 0 Å². The topological polar surface area (TPSA) is 62.1 Å². The first-order valence-electron chi connectivity index (χ1n) is 3.95. The normalized spacial score (nSPS) is 22.1. The van der Waals surface area contributed by atoms with Crippen molar-refractivity contribution < 1.29 is 22.7 Å². The zero-order chi connectivity index (χ0) is 11.6. The average Bonchev–Trinajstić information content (AvgIpc) is 2.15. The molecule has 1 unspecified atom stereocenters. The number of ether oxygens (including phenoxy) is 1. The summed E-state index contributed by atoms with van der Waals surface area (Å²) in [5, 5.41) is 10.6. The molecule has 0 saturated carbocycles. The Morgan fingerprint density at radius 1 is 1.60 bits per heavy atom. The lowest BCUT2D eigenvalue weighted by Crippen LogP contribution is -2.39. The predicted octanol–water partition coefficient (Wildman–Crippen LogP) is 1.07. The van der Waals surface area contributed by atoms with Crippen LogP contribution in [0.15, 0.2) is 11.5 Å². The molecule has 1 amide bonds. The Balaban J connectivity index is 3.17. The van der Waals surface area contributed by atoms with E-state index < -0.39 is 35.9 Å². The Labute approximate surface area is 83.3 Å². The smallest absolute Gasteiger partial charge is 0.397 e. The second-order valence-electron chi connectivity index (χ2n) is 2.91. The minimum absolute atomic E-state index is 0.420. The molecule has 1 rings (SSSR count). The number of rotatable bonds is 1. The van der Waals surface area contributed by atoms with E-state index in [1.54, 1.807) is 0 Å². The van der Waals surface area contributed by atoms with Crippen molar-refractivity contribution in [3.05, 3.63) is 11.5 Å². The Hall–Kier alpha value is -1.71. The third-order valence-corrected chi connectivity index (χ3v) is 1.96. The molecular formula is C8H7F3N2O2. The zero-order valence-corrected chi connectivity index (χ0v) is 7.68. The molecule has 1 aliphatic heterocycles. The summed E-state index contributed by atoms with van der Waals surface area (Å²) < 4.78 is 41.8. The van der Waals surface area contributed by atoms with E-state index in [1.165, 1.54) is 6.07 Å². The lowest BCUT2D eigenvalue weighted by Gasteiger charge is -2.25. The van der Waals surface area contributed by atoms with E-state index in [2.05, 4.69) is 10.1 Å². The number of allylic oxidation sites excluding steroid dienone is 1. The van der Waals surface area contributed by atoms with Gasteiger partial charge in [0.05, 0.1) is 7.11 Å². The first kappa shape index (κ1) is 11.4. The van der Waals surface area contributed by atoms with Crippen LogP contribution in [0.1, 0.15) is 6.42 Å². The molecule has 15 heavy (non-hydrogen) atoms. The van der Waals surface area contributed by atoms with Crippen molar-refractivity contribution in [2.75, 3.05) is 7.11 Å². The number of carbonyl (C=O) groups is 1. The van der Waals surface area contributed by atoms with Gasteiger partial charge in [0, 0.05) is 6.42 Å². The fourth-order valence-electron chi connectivity index (χ4n) is 1.26. The number of methoxy groups -OCH3 is 1. The fraction of sp³-hybridized carbons (Fsp3) is 0.500. The molecule has 4 nitrogen and oxygen atoms in total. The number of halogens is 3. The maximum absolute atomic E-state index is 12.4. The molecule has 0 aromatic heterocycles. The van der Waals surface area contributed by atoms with Crippen LogP contribution in [-0.2, 0) is 9.53 Å². The molecule has 1 heterocycles. The Kier molecular flexibility index (Phi) is 2.88. The second kappa shape index (κ2) is 3.81. The molecule has 0 aromatic carbocycles. The molecule has 1 N–H and O–H groups in total. The van der Waals surface area contributed by atoms with Gasteiger partial charge in [-0.1, -0.05) is 0 Å². The number of amides is 1. The van der Waals surface area contributed by atoms with Crippen LogP contribution in [0.2, 0.25) is 0 Å². The monoisotopic (exact) mass is 220 g/mol. The standard InChI is InChI=1S/C8H7F3N2O2/c1-15-7-4(3-12)5(8(9,10)11)2-6(14)13-7/h5H,2H2,1H3,(H,13,14). The van der Waals surface area contributed by atoms with Crippen molar-refractivity contribution in [3.63, 3.8) is 0 Å².